The number of aromatic nitrogens is 4. The summed E-state index contributed by atoms with van der Waals surface area (Å²) in [5.41, 5.74) is -1.76. The largest absolute Gasteiger partial charge is 0.462 e. The lowest BCUT2D eigenvalue weighted by Gasteiger charge is -2.16. The molecule has 8 nitrogen and oxygen atoms in total. The second-order valence-corrected chi connectivity index (χ2v) is 6.78. The summed E-state index contributed by atoms with van der Waals surface area (Å²) in [7, 11) is 0. The van der Waals surface area contributed by atoms with Crippen molar-refractivity contribution in [3.63, 3.8) is 0 Å². The Morgan fingerprint density at radius 1 is 1.34 bits per heavy atom. The number of ether oxygens (including phenoxy) is 2. The summed E-state index contributed by atoms with van der Waals surface area (Å²) in [5, 5.41) is 3.89. The fourth-order valence-corrected chi connectivity index (χ4v) is 2.88. The Bertz CT molecular complexity index is 926. The molecular weight excluding hydrogens is 393 g/mol. The number of rotatable bonds is 6. The van der Waals surface area contributed by atoms with Crippen LogP contribution in [0.4, 0.5) is 13.2 Å². The van der Waals surface area contributed by atoms with E-state index in [0.717, 1.165) is 48.8 Å². The van der Waals surface area contributed by atoms with Crippen molar-refractivity contribution in [1.82, 2.24) is 19.7 Å². The summed E-state index contributed by atoms with van der Waals surface area (Å²) in [4.78, 5) is 31.2. The first-order valence-corrected chi connectivity index (χ1v) is 9.08. The van der Waals surface area contributed by atoms with Crippen LogP contribution in [0.1, 0.15) is 38.3 Å². The van der Waals surface area contributed by atoms with Crippen LogP contribution < -0.4 is 10.3 Å². The molecule has 29 heavy (non-hydrogen) atoms. The maximum atomic E-state index is 12.7. The average molecular weight is 412 g/mol. The predicted molar refractivity (Wildman–Crippen MR) is 93.1 cm³/mol. The summed E-state index contributed by atoms with van der Waals surface area (Å²) in [6.07, 6.45) is 1.08. The molecule has 2 aromatic rings. The Morgan fingerprint density at radius 2 is 2.07 bits per heavy atom. The Hall–Kier alpha value is -2.98. The number of hydrogen-bond donors (Lipinski definition) is 0. The van der Waals surface area contributed by atoms with E-state index >= 15 is 0 Å². The van der Waals surface area contributed by atoms with Crippen molar-refractivity contribution in [2.75, 3.05) is 0 Å². The van der Waals surface area contributed by atoms with Crippen LogP contribution in [0.15, 0.2) is 29.3 Å². The van der Waals surface area contributed by atoms with Crippen LogP contribution in [0.2, 0.25) is 0 Å². The van der Waals surface area contributed by atoms with Gasteiger partial charge in [-0.2, -0.15) is 23.3 Å². The molecule has 3 rings (SSSR count). The number of carbonyl (C=O) groups excluding carboxylic acids is 1. The molecular formula is C18H19F3N4O4. The molecule has 1 fully saturated rings. The zero-order valence-corrected chi connectivity index (χ0v) is 15.6. The second-order valence-electron chi connectivity index (χ2n) is 6.78. The number of alkyl halides is 3. The zero-order chi connectivity index (χ0) is 21.0. The van der Waals surface area contributed by atoms with Crippen LogP contribution in [-0.2, 0) is 22.3 Å². The van der Waals surface area contributed by atoms with Crippen molar-refractivity contribution >= 4 is 5.97 Å². The SMILES string of the molecule is CC(Cn1ncc(Oc2nccc(C(F)(F)F)n2)cc1=O)C(=O)OC1CCCC1. The van der Waals surface area contributed by atoms with E-state index in [9.17, 15) is 22.8 Å². The smallest absolute Gasteiger partial charge is 0.433 e. The van der Waals surface area contributed by atoms with E-state index < -0.39 is 35.3 Å². The quantitative estimate of drug-likeness (QED) is 0.673. The summed E-state index contributed by atoms with van der Waals surface area (Å²) < 4.78 is 49.6. The highest BCUT2D eigenvalue weighted by Gasteiger charge is 2.33. The molecule has 1 aliphatic carbocycles. The predicted octanol–water partition coefficient (Wildman–Crippen LogP) is 2.97. The minimum atomic E-state index is -4.65. The standard InChI is InChI=1S/C18H19F3N4O4/c1-11(16(27)28-12-4-2-3-5-12)10-25-15(26)8-13(9-23-25)29-17-22-7-6-14(24-17)18(19,20)21/h6-9,11-12H,2-5,10H2,1H3. The van der Waals surface area contributed by atoms with Crippen LogP contribution in [0, 0.1) is 5.92 Å². The van der Waals surface area contributed by atoms with E-state index in [1.807, 2.05) is 0 Å². The Balaban J connectivity index is 1.64. The Kier molecular flexibility index (Phi) is 6.14. The molecule has 0 spiro atoms. The maximum Gasteiger partial charge on any atom is 0.433 e. The third-order valence-corrected chi connectivity index (χ3v) is 4.41. The van der Waals surface area contributed by atoms with Gasteiger partial charge in [0.25, 0.3) is 5.56 Å². The van der Waals surface area contributed by atoms with Gasteiger partial charge in [0.05, 0.1) is 18.7 Å². The number of carbonyl (C=O) groups is 1. The summed E-state index contributed by atoms with van der Waals surface area (Å²) in [6, 6.07) is 1.17. The molecule has 2 heterocycles. The summed E-state index contributed by atoms with van der Waals surface area (Å²) in [6.45, 7) is 1.64. The lowest BCUT2D eigenvalue weighted by molar-refractivity contribution is -0.153. The monoisotopic (exact) mass is 412 g/mol. The third-order valence-electron chi connectivity index (χ3n) is 4.41. The van der Waals surface area contributed by atoms with Crippen LogP contribution >= 0.6 is 0 Å². The highest BCUT2D eigenvalue weighted by Crippen LogP contribution is 2.28. The van der Waals surface area contributed by atoms with Crippen LogP contribution in [0.3, 0.4) is 0 Å². The van der Waals surface area contributed by atoms with Gasteiger partial charge in [0.15, 0.2) is 11.4 Å². The topological polar surface area (TPSA) is 96.2 Å². The molecule has 0 saturated heterocycles. The summed E-state index contributed by atoms with van der Waals surface area (Å²) >= 11 is 0. The van der Waals surface area contributed by atoms with Gasteiger partial charge in [0, 0.05) is 12.3 Å². The summed E-state index contributed by atoms with van der Waals surface area (Å²) in [5.74, 6) is -1.10. The normalized spacial score (nSPS) is 15.9. The lowest BCUT2D eigenvalue weighted by Crippen LogP contribution is -2.30. The van der Waals surface area contributed by atoms with Gasteiger partial charge >= 0.3 is 18.2 Å². The van der Waals surface area contributed by atoms with Crippen LogP contribution in [-0.4, -0.2) is 31.8 Å². The molecule has 0 N–H and O–H groups in total. The van der Waals surface area contributed by atoms with Gasteiger partial charge in [-0.15, -0.1) is 0 Å². The third kappa shape index (κ3) is 5.52. The lowest BCUT2D eigenvalue weighted by atomic mass is 10.2. The highest BCUT2D eigenvalue weighted by atomic mass is 19.4. The van der Waals surface area contributed by atoms with Crippen molar-refractivity contribution in [2.45, 2.75) is 51.4 Å². The van der Waals surface area contributed by atoms with Crippen molar-refractivity contribution in [2.24, 2.45) is 5.92 Å². The number of hydrogen-bond acceptors (Lipinski definition) is 7. The Labute approximate surface area is 163 Å². The molecule has 1 unspecified atom stereocenters. The van der Waals surface area contributed by atoms with Crippen LogP contribution in [0.5, 0.6) is 11.8 Å². The minimum absolute atomic E-state index is 0.00469. The molecule has 0 aliphatic heterocycles. The highest BCUT2D eigenvalue weighted by molar-refractivity contribution is 5.72. The first kappa shape index (κ1) is 20.7. The van der Waals surface area contributed by atoms with Gasteiger partial charge in [0.2, 0.25) is 0 Å². The van der Waals surface area contributed by atoms with Crippen molar-refractivity contribution < 1.29 is 27.4 Å². The van der Waals surface area contributed by atoms with Gasteiger partial charge in [-0.1, -0.05) is 6.92 Å². The van der Waals surface area contributed by atoms with Crippen LogP contribution in [0.25, 0.3) is 0 Å². The van der Waals surface area contributed by atoms with Crippen molar-refractivity contribution in [3.05, 3.63) is 40.6 Å². The van der Waals surface area contributed by atoms with Gasteiger partial charge in [-0.05, 0) is 31.7 Å². The molecule has 1 saturated carbocycles. The molecule has 0 amide bonds. The molecule has 2 aromatic heterocycles. The molecule has 11 heteroatoms. The molecule has 1 atom stereocenters. The average Bonchev–Trinajstić information content (AvgIpc) is 3.16. The molecule has 0 bridgehead atoms. The van der Waals surface area contributed by atoms with Gasteiger partial charge in [-0.3, -0.25) is 9.59 Å². The first-order valence-electron chi connectivity index (χ1n) is 9.08. The first-order chi connectivity index (χ1) is 13.7. The Morgan fingerprint density at radius 3 is 2.72 bits per heavy atom. The molecule has 0 radical (unpaired) electrons. The van der Waals surface area contributed by atoms with E-state index in [2.05, 4.69) is 15.1 Å². The molecule has 1 aliphatic rings. The van der Waals surface area contributed by atoms with E-state index in [0.29, 0.717) is 6.07 Å². The van der Waals surface area contributed by atoms with Crippen molar-refractivity contribution in [3.8, 4) is 11.8 Å². The fourth-order valence-electron chi connectivity index (χ4n) is 2.88. The van der Waals surface area contributed by atoms with Gasteiger partial charge in [-0.25, -0.2) is 9.67 Å². The van der Waals surface area contributed by atoms with E-state index in [4.69, 9.17) is 9.47 Å². The number of esters is 1. The van der Waals surface area contributed by atoms with Crippen molar-refractivity contribution in [1.29, 1.82) is 0 Å². The number of nitrogens with zero attached hydrogens (tertiary/aromatic N) is 4. The van der Waals surface area contributed by atoms with E-state index in [-0.39, 0.29) is 18.4 Å². The second kappa shape index (κ2) is 8.58. The molecule has 156 valence electrons. The van der Waals surface area contributed by atoms with E-state index in [1.54, 1.807) is 6.92 Å². The number of halogens is 3. The zero-order valence-electron chi connectivity index (χ0n) is 15.6. The fraction of sp³-hybridized carbons (Fsp3) is 0.500. The van der Waals surface area contributed by atoms with Gasteiger partial charge in [0.1, 0.15) is 6.10 Å². The van der Waals surface area contributed by atoms with Gasteiger partial charge < -0.3 is 9.47 Å². The minimum Gasteiger partial charge on any atom is -0.462 e. The van der Waals surface area contributed by atoms with E-state index in [1.165, 1.54) is 0 Å². The maximum absolute atomic E-state index is 12.7. The molecule has 0 aromatic carbocycles.